The minimum Gasteiger partial charge on any atom is -0.352 e. The fourth-order valence-electron chi connectivity index (χ4n) is 3.00. The van der Waals surface area contributed by atoms with E-state index in [0.717, 1.165) is 10.4 Å². The van der Waals surface area contributed by atoms with Crippen molar-refractivity contribution in [1.29, 1.82) is 0 Å². The molecule has 5 nitrogen and oxygen atoms in total. The summed E-state index contributed by atoms with van der Waals surface area (Å²) in [4.78, 5) is 25.2. The number of thiophene rings is 1. The van der Waals surface area contributed by atoms with Gasteiger partial charge in [-0.1, -0.05) is 48.0 Å². The minimum atomic E-state index is -0.754. The van der Waals surface area contributed by atoms with Crippen LogP contribution in [-0.4, -0.2) is 11.9 Å². The van der Waals surface area contributed by atoms with Crippen molar-refractivity contribution in [3.05, 3.63) is 92.9 Å². The van der Waals surface area contributed by atoms with E-state index in [2.05, 4.69) is 10.6 Å². The summed E-state index contributed by atoms with van der Waals surface area (Å²) < 4.78 is 13.3. The van der Waals surface area contributed by atoms with Crippen LogP contribution in [-0.2, 0) is 4.79 Å². The van der Waals surface area contributed by atoms with Crippen molar-refractivity contribution in [1.82, 2.24) is 10.6 Å². The lowest BCUT2D eigenvalue weighted by molar-refractivity contribution is -0.122. The van der Waals surface area contributed by atoms with Crippen molar-refractivity contribution in [2.75, 3.05) is 0 Å². The van der Waals surface area contributed by atoms with Crippen LogP contribution in [0.15, 0.2) is 66.0 Å². The second-order valence-corrected chi connectivity index (χ2v) is 7.74. The van der Waals surface area contributed by atoms with Crippen LogP contribution in [0, 0.1) is 5.82 Å². The molecule has 3 aromatic rings. The molecule has 4 N–H and O–H groups in total. The van der Waals surface area contributed by atoms with Crippen LogP contribution in [0.5, 0.6) is 0 Å². The maximum absolute atomic E-state index is 13.3. The Bertz CT molecular complexity index is 980. The zero-order valence-corrected chi connectivity index (χ0v) is 16.8. The summed E-state index contributed by atoms with van der Waals surface area (Å²) in [7, 11) is 0. The predicted molar refractivity (Wildman–Crippen MR) is 112 cm³/mol. The summed E-state index contributed by atoms with van der Waals surface area (Å²) in [5.41, 5.74) is 6.63. The van der Waals surface area contributed by atoms with Crippen molar-refractivity contribution in [2.24, 2.45) is 5.73 Å². The average Bonchev–Trinajstić information content (AvgIpc) is 3.21. The standard InChI is InChI=1S/C21H19ClFN3O2S/c22-16-5-2-1-4-15(16)17(25-21(24)28)12-19(27)26-20(18-6-3-11-29-18)13-7-9-14(23)10-8-13/h1-11,17,20H,12H2,(H,26,27)(H3,24,25,28)/t17-,20-/m0/s1. The van der Waals surface area contributed by atoms with Gasteiger partial charge in [-0.05, 0) is 40.8 Å². The van der Waals surface area contributed by atoms with E-state index in [1.807, 2.05) is 17.5 Å². The summed E-state index contributed by atoms with van der Waals surface area (Å²) in [6, 6.07) is 14.8. The quantitative estimate of drug-likeness (QED) is 0.513. The molecule has 2 atom stereocenters. The maximum atomic E-state index is 13.3. The van der Waals surface area contributed by atoms with Crippen molar-refractivity contribution in [3.8, 4) is 0 Å². The molecule has 8 heteroatoms. The Labute approximate surface area is 176 Å². The van der Waals surface area contributed by atoms with Crippen LogP contribution in [0.25, 0.3) is 0 Å². The lowest BCUT2D eigenvalue weighted by atomic mass is 10.0. The third-order valence-electron chi connectivity index (χ3n) is 4.32. The molecule has 0 fully saturated rings. The highest BCUT2D eigenvalue weighted by atomic mass is 35.5. The first kappa shape index (κ1) is 20.8. The number of rotatable bonds is 7. The van der Waals surface area contributed by atoms with E-state index >= 15 is 0 Å². The Morgan fingerprint density at radius 1 is 1.03 bits per heavy atom. The molecule has 0 bridgehead atoms. The molecule has 0 aliphatic carbocycles. The number of urea groups is 1. The van der Waals surface area contributed by atoms with Gasteiger partial charge in [-0.3, -0.25) is 4.79 Å². The van der Waals surface area contributed by atoms with Crippen molar-refractivity contribution >= 4 is 34.9 Å². The molecule has 0 aliphatic rings. The van der Waals surface area contributed by atoms with E-state index in [1.165, 1.54) is 23.5 Å². The van der Waals surface area contributed by atoms with E-state index in [-0.39, 0.29) is 18.1 Å². The molecule has 0 saturated heterocycles. The van der Waals surface area contributed by atoms with E-state index in [0.29, 0.717) is 10.6 Å². The summed E-state index contributed by atoms with van der Waals surface area (Å²) in [5.74, 6) is -0.666. The Hall–Kier alpha value is -2.90. The second-order valence-electron chi connectivity index (χ2n) is 6.35. The number of carbonyl (C=O) groups is 2. The van der Waals surface area contributed by atoms with Gasteiger partial charge in [0.15, 0.2) is 0 Å². The summed E-state index contributed by atoms with van der Waals surface area (Å²) >= 11 is 7.71. The number of nitrogens with one attached hydrogen (secondary N) is 2. The number of halogens is 2. The molecule has 1 heterocycles. The second kappa shape index (κ2) is 9.54. The average molecular weight is 432 g/mol. The van der Waals surface area contributed by atoms with Gasteiger partial charge in [0.1, 0.15) is 5.82 Å². The molecule has 150 valence electrons. The SMILES string of the molecule is NC(=O)N[C@@H](CC(=O)N[C@@H](c1ccc(F)cc1)c1cccs1)c1ccccc1Cl. The molecular weight excluding hydrogens is 413 g/mol. The third-order valence-corrected chi connectivity index (χ3v) is 5.60. The van der Waals surface area contributed by atoms with Gasteiger partial charge < -0.3 is 16.4 Å². The first-order chi connectivity index (χ1) is 13.9. The van der Waals surface area contributed by atoms with Gasteiger partial charge in [0.05, 0.1) is 18.5 Å². The number of carbonyl (C=O) groups excluding carboxylic acids is 2. The van der Waals surface area contributed by atoms with E-state index < -0.39 is 18.1 Å². The minimum absolute atomic E-state index is 0.0598. The van der Waals surface area contributed by atoms with Gasteiger partial charge in [0, 0.05) is 9.90 Å². The van der Waals surface area contributed by atoms with Gasteiger partial charge >= 0.3 is 6.03 Å². The van der Waals surface area contributed by atoms with Crippen LogP contribution in [0.2, 0.25) is 5.02 Å². The largest absolute Gasteiger partial charge is 0.352 e. The first-order valence-corrected chi connectivity index (χ1v) is 10.1. The molecular formula is C21H19ClFN3O2S. The fourth-order valence-corrected chi connectivity index (χ4v) is 4.07. The van der Waals surface area contributed by atoms with Crippen LogP contribution in [0.4, 0.5) is 9.18 Å². The van der Waals surface area contributed by atoms with Crippen molar-refractivity contribution < 1.29 is 14.0 Å². The van der Waals surface area contributed by atoms with Crippen LogP contribution in [0.1, 0.15) is 34.5 Å². The van der Waals surface area contributed by atoms with Crippen molar-refractivity contribution in [2.45, 2.75) is 18.5 Å². The highest BCUT2D eigenvalue weighted by molar-refractivity contribution is 7.10. The smallest absolute Gasteiger partial charge is 0.312 e. The molecule has 0 unspecified atom stereocenters. The van der Waals surface area contributed by atoms with Crippen LogP contribution >= 0.6 is 22.9 Å². The lowest BCUT2D eigenvalue weighted by Gasteiger charge is -2.22. The molecule has 0 spiro atoms. The Morgan fingerprint density at radius 3 is 2.38 bits per heavy atom. The van der Waals surface area contributed by atoms with E-state index in [4.69, 9.17) is 17.3 Å². The van der Waals surface area contributed by atoms with Crippen LogP contribution < -0.4 is 16.4 Å². The van der Waals surface area contributed by atoms with Gasteiger partial charge in [-0.15, -0.1) is 11.3 Å². The summed E-state index contributed by atoms with van der Waals surface area (Å²) in [6.45, 7) is 0. The Morgan fingerprint density at radius 2 is 1.76 bits per heavy atom. The maximum Gasteiger partial charge on any atom is 0.312 e. The van der Waals surface area contributed by atoms with Gasteiger partial charge in [-0.25, -0.2) is 9.18 Å². The van der Waals surface area contributed by atoms with Gasteiger partial charge in [0.2, 0.25) is 5.91 Å². The third kappa shape index (κ3) is 5.56. The van der Waals surface area contributed by atoms with Gasteiger partial charge in [0.25, 0.3) is 0 Å². The van der Waals surface area contributed by atoms with E-state index in [1.54, 1.807) is 36.4 Å². The molecule has 2 aromatic carbocycles. The molecule has 1 aromatic heterocycles. The highest BCUT2D eigenvalue weighted by Gasteiger charge is 2.23. The predicted octanol–water partition coefficient (Wildman–Crippen LogP) is 4.55. The lowest BCUT2D eigenvalue weighted by Crippen LogP contribution is -2.37. The van der Waals surface area contributed by atoms with Crippen LogP contribution in [0.3, 0.4) is 0 Å². The molecule has 0 aliphatic heterocycles. The molecule has 29 heavy (non-hydrogen) atoms. The molecule has 3 rings (SSSR count). The van der Waals surface area contributed by atoms with E-state index in [9.17, 15) is 14.0 Å². The highest BCUT2D eigenvalue weighted by Crippen LogP contribution is 2.28. The number of hydrogen-bond acceptors (Lipinski definition) is 3. The number of primary amides is 1. The van der Waals surface area contributed by atoms with Crippen molar-refractivity contribution in [3.63, 3.8) is 0 Å². The fraction of sp³-hybridized carbons (Fsp3) is 0.143. The number of nitrogens with two attached hydrogens (primary N) is 1. The normalized spacial score (nSPS) is 12.8. The number of hydrogen-bond donors (Lipinski definition) is 3. The summed E-state index contributed by atoms with van der Waals surface area (Å²) in [6.07, 6.45) is -0.0598. The molecule has 0 radical (unpaired) electrons. The summed E-state index contributed by atoms with van der Waals surface area (Å²) in [5, 5.41) is 7.86. The number of benzene rings is 2. The first-order valence-electron chi connectivity index (χ1n) is 8.82. The molecule has 0 saturated carbocycles. The topological polar surface area (TPSA) is 84.2 Å². The monoisotopic (exact) mass is 431 g/mol. The Kier molecular flexibility index (Phi) is 6.85. The Balaban J connectivity index is 1.82. The number of amides is 3. The zero-order valence-electron chi connectivity index (χ0n) is 15.3. The van der Waals surface area contributed by atoms with Gasteiger partial charge in [-0.2, -0.15) is 0 Å². The zero-order chi connectivity index (χ0) is 20.8. The molecule has 3 amide bonds.